The number of alkyl carbamates (subject to hydrolysis) is 1. The van der Waals surface area contributed by atoms with Crippen LogP contribution in [0.25, 0.3) is 0 Å². The fourth-order valence-corrected chi connectivity index (χ4v) is 9.49. The summed E-state index contributed by atoms with van der Waals surface area (Å²) < 4.78 is 25.0. The quantitative estimate of drug-likeness (QED) is 0.287. The number of nitrogens with one attached hydrogen (secondary N) is 2. The van der Waals surface area contributed by atoms with Gasteiger partial charge in [0.25, 0.3) is 0 Å². The van der Waals surface area contributed by atoms with E-state index in [0.717, 1.165) is 36.8 Å². The lowest BCUT2D eigenvalue weighted by Crippen LogP contribution is -2.58. The lowest BCUT2D eigenvalue weighted by atomic mass is 9.85. The van der Waals surface area contributed by atoms with Crippen LogP contribution in [0, 0.1) is 11.3 Å². The number of cyclic esters (lactones) is 1. The van der Waals surface area contributed by atoms with Crippen molar-refractivity contribution in [2.45, 2.75) is 122 Å². The topological polar surface area (TPSA) is 155 Å². The van der Waals surface area contributed by atoms with Crippen molar-refractivity contribution < 1.29 is 38.1 Å². The molecule has 1 saturated carbocycles. The van der Waals surface area contributed by atoms with E-state index in [1.165, 1.54) is 10.5 Å². The number of carbonyl (C=O) groups excluding carboxylic acids is 4. The van der Waals surface area contributed by atoms with Crippen LogP contribution >= 0.6 is 7.37 Å². The Bertz CT molecular complexity index is 1490. The minimum atomic E-state index is -3.90. The zero-order valence-corrected chi connectivity index (χ0v) is 29.7. The lowest BCUT2D eigenvalue weighted by Gasteiger charge is -2.36. The van der Waals surface area contributed by atoms with Crippen molar-refractivity contribution in [2.75, 3.05) is 13.2 Å². The zero-order chi connectivity index (χ0) is 35.0. The molecule has 0 spiro atoms. The number of hydrogen-bond donors (Lipinski definition) is 3. The third kappa shape index (κ3) is 7.15. The Kier molecular flexibility index (Phi) is 10.4. The second-order valence-corrected chi connectivity index (χ2v) is 18.2. The second kappa shape index (κ2) is 13.9. The summed E-state index contributed by atoms with van der Waals surface area (Å²) in [5.74, 6) is -1.56. The SMILES string of the molecule is C=C[C@@H]1C[C@]1(NC(=O)[C@@H]1C[C@@H]2CN1C(=O)[C@H](C(C)(C)C)NC(=O)OCCCCCCc1cccc3c1CN(C3)C(=O)O2)P(=O)(O)C(C)C. The monoisotopic (exact) mass is 686 g/mol. The van der Waals surface area contributed by atoms with Crippen LogP contribution in [0.15, 0.2) is 30.9 Å². The summed E-state index contributed by atoms with van der Waals surface area (Å²) in [4.78, 5) is 69.0. The first kappa shape index (κ1) is 35.9. The number of carbonyl (C=O) groups is 4. The van der Waals surface area contributed by atoms with Crippen LogP contribution in [0.2, 0.25) is 0 Å². The summed E-state index contributed by atoms with van der Waals surface area (Å²) in [6, 6.07) is 3.93. The molecule has 4 amide bonds. The maximum absolute atomic E-state index is 14.3. The Hall–Kier alpha value is -3.37. The average Bonchev–Trinajstić information content (AvgIpc) is 3.33. The van der Waals surface area contributed by atoms with Gasteiger partial charge in [-0.2, -0.15) is 0 Å². The summed E-state index contributed by atoms with van der Waals surface area (Å²) >= 11 is 0. The van der Waals surface area contributed by atoms with Crippen molar-refractivity contribution >= 4 is 31.4 Å². The summed E-state index contributed by atoms with van der Waals surface area (Å²) in [5.41, 5.74) is 2.01. The van der Waals surface area contributed by atoms with E-state index in [1.807, 2.05) is 12.1 Å². The molecule has 4 bridgehead atoms. The van der Waals surface area contributed by atoms with Gasteiger partial charge in [-0.25, -0.2) is 9.59 Å². The van der Waals surface area contributed by atoms with E-state index in [0.29, 0.717) is 19.5 Å². The molecule has 1 aliphatic carbocycles. The maximum atomic E-state index is 14.3. The predicted molar refractivity (Wildman–Crippen MR) is 180 cm³/mol. The minimum absolute atomic E-state index is 0.0110. The first-order valence-corrected chi connectivity index (χ1v) is 18.9. The molecule has 13 heteroatoms. The minimum Gasteiger partial charge on any atom is -0.450 e. The Morgan fingerprint density at radius 2 is 1.85 bits per heavy atom. The number of amides is 4. The molecule has 5 rings (SSSR count). The van der Waals surface area contributed by atoms with Gasteiger partial charge in [0.05, 0.1) is 13.2 Å². The van der Waals surface area contributed by atoms with Crippen molar-refractivity contribution in [3.05, 3.63) is 47.5 Å². The molecule has 4 aliphatic rings. The molecule has 0 aromatic heterocycles. The summed E-state index contributed by atoms with van der Waals surface area (Å²) in [7, 11) is -3.90. The van der Waals surface area contributed by atoms with Gasteiger partial charge in [0, 0.05) is 31.1 Å². The van der Waals surface area contributed by atoms with Crippen LogP contribution in [0.1, 0.15) is 89.8 Å². The number of ether oxygens (including phenoxy) is 2. The number of fused-ring (bicyclic) bond motifs is 3. The molecule has 1 saturated heterocycles. The highest BCUT2D eigenvalue weighted by Gasteiger charge is 2.66. The number of nitrogens with zero attached hydrogens (tertiary/aromatic N) is 2. The van der Waals surface area contributed by atoms with Crippen LogP contribution in [-0.4, -0.2) is 81.0 Å². The molecule has 264 valence electrons. The van der Waals surface area contributed by atoms with E-state index in [9.17, 15) is 28.6 Å². The molecule has 1 unspecified atom stereocenters. The Labute approximate surface area is 283 Å². The third-order valence-electron chi connectivity index (χ3n) is 10.3. The standard InChI is InChI=1S/C35H51N4O8P/c1-7-25-18-35(25,48(44,45)22(2)3)37-30(40)28-17-26-20-39(28)31(41)29(34(4,5)6)36-32(42)46-16-11-9-8-10-13-23-14-12-15-24-19-38(21-27(23)24)33(43)47-26/h7,12,14-15,22,25-26,28-29H,1,8-11,13,16-21H2,2-6H3,(H,36,42)(H,37,40)(H,44,45)/t25-,26-,28+,29-,35+/m1/s1. The van der Waals surface area contributed by atoms with Crippen LogP contribution in [0.5, 0.6) is 0 Å². The fraction of sp³-hybridized carbons (Fsp3) is 0.657. The van der Waals surface area contributed by atoms with Gasteiger partial charge in [-0.05, 0) is 47.8 Å². The van der Waals surface area contributed by atoms with Gasteiger partial charge in [-0.3, -0.25) is 19.1 Å². The van der Waals surface area contributed by atoms with Crippen LogP contribution in [0.4, 0.5) is 9.59 Å². The molecule has 6 atom stereocenters. The van der Waals surface area contributed by atoms with Gasteiger partial charge in [0.1, 0.15) is 23.5 Å². The lowest BCUT2D eigenvalue weighted by molar-refractivity contribution is -0.142. The van der Waals surface area contributed by atoms with E-state index in [4.69, 9.17) is 9.47 Å². The van der Waals surface area contributed by atoms with Crippen LogP contribution < -0.4 is 10.6 Å². The summed E-state index contributed by atoms with van der Waals surface area (Å²) in [5, 5.41) is 4.18. The van der Waals surface area contributed by atoms with E-state index in [-0.39, 0.29) is 26.0 Å². The Morgan fingerprint density at radius 3 is 2.52 bits per heavy atom. The first-order chi connectivity index (χ1) is 22.6. The number of hydrogen-bond acceptors (Lipinski definition) is 7. The van der Waals surface area contributed by atoms with E-state index >= 15 is 0 Å². The highest BCUT2D eigenvalue weighted by molar-refractivity contribution is 7.60. The van der Waals surface area contributed by atoms with Gasteiger partial charge >= 0.3 is 12.2 Å². The fourth-order valence-electron chi connectivity index (χ4n) is 7.26. The molecule has 2 fully saturated rings. The van der Waals surface area contributed by atoms with Crippen molar-refractivity contribution in [3.8, 4) is 0 Å². The molecule has 0 radical (unpaired) electrons. The third-order valence-corrected chi connectivity index (χ3v) is 13.5. The molecule has 48 heavy (non-hydrogen) atoms. The molecule has 3 N–H and O–H groups in total. The normalized spacial score (nSPS) is 29.8. The maximum Gasteiger partial charge on any atom is 0.410 e. The zero-order valence-electron chi connectivity index (χ0n) is 28.8. The molecule has 12 nitrogen and oxygen atoms in total. The number of rotatable bonds is 5. The van der Waals surface area contributed by atoms with Gasteiger partial charge in [-0.15, -0.1) is 6.58 Å². The molecule has 3 heterocycles. The highest BCUT2D eigenvalue weighted by atomic mass is 31.2. The van der Waals surface area contributed by atoms with Crippen LogP contribution in [0.3, 0.4) is 0 Å². The average molecular weight is 687 g/mol. The van der Waals surface area contributed by atoms with Crippen LogP contribution in [-0.2, 0) is 43.1 Å². The van der Waals surface area contributed by atoms with Crippen molar-refractivity contribution in [1.29, 1.82) is 0 Å². The predicted octanol–water partition coefficient (Wildman–Crippen LogP) is 5.06. The molecule has 1 aromatic rings. The van der Waals surface area contributed by atoms with E-state index < -0.39 is 71.8 Å². The second-order valence-electron chi connectivity index (χ2n) is 15.1. The smallest absolute Gasteiger partial charge is 0.410 e. The Balaban J connectivity index is 1.44. The summed E-state index contributed by atoms with van der Waals surface area (Å²) in [6.07, 6.45) is 4.08. The molecule has 1 aromatic carbocycles. The van der Waals surface area contributed by atoms with Crippen molar-refractivity contribution in [1.82, 2.24) is 20.4 Å². The molecular weight excluding hydrogens is 635 g/mol. The van der Waals surface area contributed by atoms with Crippen molar-refractivity contribution in [3.63, 3.8) is 0 Å². The summed E-state index contributed by atoms with van der Waals surface area (Å²) in [6.45, 7) is 13.4. The first-order valence-electron chi connectivity index (χ1n) is 17.1. The number of benzene rings is 1. The van der Waals surface area contributed by atoms with E-state index in [1.54, 1.807) is 45.6 Å². The van der Waals surface area contributed by atoms with Gasteiger partial charge in [-0.1, -0.05) is 71.7 Å². The molecule has 3 aliphatic heterocycles. The largest absolute Gasteiger partial charge is 0.450 e. The molecular formula is C35H51N4O8P. The van der Waals surface area contributed by atoms with Gasteiger partial charge < -0.3 is 29.9 Å². The van der Waals surface area contributed by atoms with Crippen molar-refractivity contribution in [2.24, 2.45) is 11.3 Å². The number of aryl methyl sites for hydroxylation is 1. The van der Waals surface area contributed by atoms with Gasteiger partial charge in [0.2, 0.25) is 19.2 Å². The van der Waals surface area contributed by atoms with E-state index in [2.05, 4.69) is 23.3 Å². The highest BCUT2D eigenvalue weighted by Crippen LogP contribution is 2.71. The Morgan fingerprint density at radius 1 is 1.15 bits per heavy atom. The van der Waals surface area contributed by atoms with Gasteiger partial charge in [0.15, 0.2) is 0 Å².